The predicted molar refractivity (Wildman–Crippen MR) is 153 cm³/mol. The van der Waals surface area contributed by atoms with E-state index in [4.69, 9.17) is 9.47 Å². The Morgan fingerprint density at radius 2 is 1.63 bits per heavy atom. The molecule has 0 N–H and O–H groups in total. The van der Waals surface area contributed by atoms with Gasteiger partial charge < -0.3 is 14.4 Å². The third-order valence-electron chi connectivity index (χ3n) is 8.74. The topological polar surface area (TPSA) is 136 Å². The molecular weight excluding hydrogens is 666 g/mol. The minimum Gasteiger partial charge on any atom is -0.494 e. The minimum absolute atomic E-state index is 0.0218. The van der Waals surface area contributed by atoms with Crippen molar-refractivity contribution in [3.05, 3.63) is 52.1 Å². The Hall–Kier alpha value is -3.32. The fraction of sp³-hybridized carbons (Fsp3) is 0.429. The van der Waals surface area contributed by atoms with Gasteiger partial charge in [0.05, 0.1) is 47.2 Å². The summed E-state index contributed by atoms with van der Waals surface area (Å²) in [5, 5.41) is 11.1. The first-order valence-corrected chi connectivity index (χ1v) is 15.0. The molecule has 0 unspecified atom stereocenters. The zero-order valence-electron chi connectivity index (χ0n) is 22.0. The Morgan fingerprint density at radius 3 is 2.22 bits per heavy atom. The van der Waals surface area contributed by atoms with E-state index in [1.54, 1.807) is 19.1 Å². The van der Waals surface area contributed by atoms with Crippen molar-refractivity contribution in [2.24, 2.45) is 29.6 Å². The van der Waals surface area contributed by atoms with Gasteiger partial charge >= 0.3 is 5.97 Å². The Morgan fingerprint density at radius 1 is 1.00 bits per heavy atom. The van der Waals surface area contributed by atoms with E-state index in [1.165, 1.54) is 41.2 Å². The summed E-state index contributed by atoms with van der Waals surface area (Å²) in [6, 6.07) is 8.67. The van der Waals surface area contributed by atoms with Gasteiger partial charge in [0, 0.05) is 28.7 Å². The van der Waals surface area contributed by atoms with Crippen LogP contribution in [-0.2, 0) is 19.2 Å². The molecule has 0 aromatic heterocycles. The lowest BCUT2D eigenvalue weighted by Crippen LogP contribution is -2.37. The highest BCUT2D eigenvalue weighted by atomic mass is 79.9. The molecule has 2 bridgehead atoms. The van der Waals surface area contributed by atoms with Crippen molar-refractivity contribution in [1.82, 2.24) is 0 Å². The SMILES string of the molecule is COc1cc([N+](=O)[O-])ccc1N1C[C@H](C(=O)Oc2ccc(N3C(=O)[C@@H]4[C@H]5C[C@@H]([C@H](Br)[C@@H]5Br)[C@@H]4C3=O)c(C)c2)CC1=O. The van der Waals surface area contributed by atoms with Gasteiger partial charge in [-0.05, 0) is 55.0 Å². The second-order valence-corrected chi connectivity index (χ2v) is 13.0. The van der Waals surface area contributed by atoms with Gasteiger partial charge in [-0.1, -0.05) is 31.9 Å². The molecule has 2 aliphatic carbocycles. The van der Waals surface area contributed by atoms with E-state index in [9.17, 15) is 29.3 Å². The average molecular weight is 691 g/mol. The molecule has 214 valence electrons. The van der Waals surface area contributed by atoms with Crippen molar-refractivity contribution >= 4 is 72.6 Å². The number of halogens is 2. The summed E-state index contributed by atoms with van der Waals surface area (Å²) >= 11 is 7.40. The molecule has 11 nitrogen and oxygen atoms in total. The van der Waals surface area contributed by atoms with Crippen molar-refractivity contribution < 1.29 is 33.6 Å². The number of amides is 3. The highest BCUT2D eigenvalue weighted by Gasteiger charge is 2.66. The molecule has 4 aliphatic rings. The van der Waals surface area contributed by atoms with E-state index in [0.717, 1.165) is 6.42 Å². The number of imide groups is 1. The van der Waals surface area contributed by atoms with Crippen molar-refractivity contribution in [3.63, 3.8) is 0 Å². The molecule has 0 spiro atoms. The number of ether oxygens (including phenoxy) is 2. The van der Waals surface area contributed by atoms with Crippen LogP contribution in [0.25, 0.3) is 0 Å². The number of anilines is 2. The van der Waals surface area contributed by atoms with Gasteiger partial charge in [0.15, 0.2) is 0 Å². The number of esters is 1. The maximum atomic E-state index is 13.4. The number of nitrogens with zero attached hydrogens (tertiary/aromatic N) is 3. The van der Waals surface area contributed by atoms with E-state index in [0.29, 0.717) is 16.9 Å². The lowest BCUT2D eigenvalue weighted by Gasteiger charge is -2.28. The van der Waals surface area contributed by atoms with Gasteiger partial charge in [-0.15, -0.1) is 0 Å². The predicted octanol–water partition coefficient (Wildman–Crippen LogP) is 4.15. The van der Waals surface area contributed by atoms with Crippen molar-refractivity contribution in [1.29, 1.82) is 0 Å². The minimum atomic E-state index is -0.770. The Labute approximate surface area is 251 Å². The number of nitro groups is 1. The first-order valence-electron chi connectivity index (χ1n) is 13.1. The van der Waals surface area contributed by atoms with Gasteiger partial charge in [0.2, 0.25) is 17.7 Å². The summed E-state index contributed by atoms with van der Waals surface area (Å²) in [6.45, 7) is 1.77. The number of nitro benzene ring substituents is 1. The van der Waals surface area contributed by atoms with Crippen LogP contribution >= 0.6 is 31.9 Å². The third-order valence-corrected chi connectivity index (χ3v) is 11.9. The van der Waals surface area contributed by atoms with Crippen LogP contribution in [-0.4, -0.2) is 51.9 Å². The van der Waals surface area contributed by atoms with Crippen LogP contribution in [0.2, 0.25) is 0 Å². The number of carbonyl (C=O) groups excluding carboxylic acids is 4. The van der Waals surface area contributed by atoms with Crippen LogP contribution < -0.4 is 19.3 Å². The van der Waals surface area contributed by atoms with Crippen LogP contribution in [0.15, 0.2) is 36.4 Å². The van der Waals surface area contributed by atoms with Crippen LogP contribution in [0.4, 0.5) is 17.1 Å². The Bertz CT molecular complexity index is 1480. The third kappa shape index (κ3) is 4.35. The molecule has 2 aromatic rings. The van der Waals surface area contributed by atoms with Crippen molar-refractivity contribution in [2.45, 2.75) is 29.4 Å². The molecule has 2 heterocycles. The van der Waals surface area contributed by atoms with E-state index < -0.39 is 16.8 Å². The first-order chi connectivity index (χ1) is 19.5. The van der Waals surface area contributed by atoms with Crippen molar-refractivity contribution in [2.75, 3.05) is 23.5 Å². The molecule has 3 amide bonds. The first kappa shape index (κ1) is 27.8. The maximum Gasteiger partial charge on any atom is 0.316 e. The standard InChI is InChI=1S/C28H25Br2N3O8/c1-12-7-15(4-6-18(12)32-26(35)22-16-10-17(23(22)27(32)36)25(30)24(16)29)41-28(37)13-8-21(34)31(11-13)19-5-3-14(33(38)39)9-20(19)40-2/h3-7,9,13,16-17,22-25H,8,10-11H2,1-2H3/t13-,16-,17-,22-,23+,24-,25+/m1/s1. The van der Waals surface area contributed by atoms with E-state index in [2.05, 4.69) is 31.9 Å². The zero-order valence-corrected chi connectivity index (χ0v) is 25.2. The van der Waals surface area contributed by atoms with E-state index in [1.807, 2.05) is 0 Å². The Balaban J connectivity index is 1.16. The molecule has 4 fully saturated rings. The largest absolute Gasteiger partial charge is 0.494 e. The fourth-order valence-corrected chi connectivity index (χ4v) is 8.70. The summed E-state index contributed by atoms with van der Waals surface area (Å²) in [6.07, 6.45) is 0.749. The molecule has 41 heavy (non-hydrogen) atoms. The number of rotatable bonds is 6. The molecular formula is C28H25Br2N3O8. The number of carbonyl (C=O) groups is 4. The lowest BCUT2D eigenvalue weighted by atomic mass is 9.81. The number of benzene rings is 2. The molecule has 2 aromatic carbocycles. The quantitative estimate of drug-likeness (QED) is 0.110. The number of fused-ring (bicyclic) bond motifs is 5. The average Bonchev–Trinajstić information content (AvgIpc) is 3.66. The summed E-state index contributed by atoms with van der Waals surface area (Å²) in [4.78, 5) is 66.1. The smallest absolute Gasteiger partial charge is 0.316 e. The number of hydrogen-bond donors (Lipinski definition) is 0. The summed E-state index contributed by atoms with van der Waals surface area (Å²) < 4.78 is 10.8. The molecule has 7 atom stereocenters. The monoisotopic (exact) mass is 689 g/mol. The van der Waals surface area contributed by atoms with Gasteiger partial charge in [0.25, 0.3) is 5.69 Å². The van der Waals surface area contributed by atoms with Crippen LogP contribution in [0.5, 0.6) is 11.5 Å². The number of methoxy groups -OCH3 is 1. The summed E-state index contributed by atoms with van der Waals surface area (Å²) in [5.41, 5.74) is 1.22. The second kappa shape index (κ2) is 10.2. The van der Waals surface area contributed by atoms with Gasteiger partial charge in [-0.3, -0.25) is 29.3 Å². The van der Waals surface area contributed by atoms with Crippen molar-refractivity contribution in [3.8, 4) is 11.5 Å². The maximum absolute atomic E-state index is 13.4. The van der Waals surface area contributed by atoms with E-state index >= 15 is 0 Å². The second-order valence-electron chi connectivity index (χ2n) is 10.9. The van der Waals surface area contributed by atoms with E-state index in [-0.39, 0.29) is 81.2 Å². The number of hydrogen-bond acceptors (Lipinski definition) is 8. The normalized spacial score (nSPS) is 30.2. The number of alkyl halides is 2. The molecule has 13 heteroatoms. The molecule has 6 rings (SSSR count). The molecule has 2 saturated carbocycles. The zero-order chi connectivity index (χ0) is 29.3. The fourth-order valence-electron chi connectivity index (χ4n) is 6.83. The van der Waals surface area contributed by atoms with Gasteiger partial charge in [-0.25, -0.2) is 4.90 Å². The van der Waals surface area contributed by atoms with Crippen LogP contribution in [0.3, 0.4) is 0 Å². The summed E-state index contributed by atoms with van der Waals surface area (Å²) in [7, 11) is 1.34. The van der Waals surface area contributed by atoms with Crippen LogP contribution in [0.1, 0.15) is 18.4 Å². The lowest BCUT2D eigenvalue weighted by molar-refractivity contribution is -0.384. The number of aryl methyl sites for hydroxylation is 1. The highest BCUT2D eigenvalue weighted by Crippen LogP contribution is 2.60. The van der Waals surface area contributed by atoms with Gasteiger partial charge in [-0.2, -0.15) is 0 Å². The molecule has 2 saturated heterocycles. The van der Waals surface area contributed by atoms with Crippen LogP contribution in [0, 0.1) is 46.6 Å². The summed E-state index contributed by atoms with van der Waals surface area (Å²) in [5.74, 6) is -2.16. The highest BCUT2D eigenvalue weighted by molar-refractivity contribution is 9.12. The Kier molecular flexibility index (Phi) is 6.92. The number of non-ortho nitro benzene ring substituents is 1. The van der Waals surface area contributed by atoms with Gasteiger partial charge in [0.1, 0.15) is 11.5 Å². The molecule has 0 radical (unpaired) electrons. The molecule has 2 aliphatic heterocycles.